The standard InChI is InChI=1S/C33H38N4O6S/c1-7-20-15(2)25(36-33(20)43)12-23-16(3)21(8-10-29(38)39)26(34-23)14-27-22(9-11-30(40)41)17(4)24(35-27)13-28-31(19(6)44)18(5)32(42)37-28/h7,13,18,31,34-35,44H,1,6,8-12,14H2,2-5H3,(H,37,42)(H,38,39)(H,40,41)/b28-13+/t18-,31-/m1/s1. The Morgan fingerprint density at radius 1 is 0.955 bits per heavy atom. The van der Waals surface area contributed by atoms with Crippen molar-refractivity contribution in [2.45, 2.75) is 66.2 Å². The smallest absolute Gasteiger partial charge is 0.303 e. The number of aliphatic carboxylic acids is 2. The maximum atomic E-state index is 12.5. The molecule has 4 heterocycles. The molecule has 0 saturated carbocycles. The van der Waals surface area contributed by atoms with Crippen molar-refractivity contribution in [3.63, 3.8) is 0 Å². The van der Waals surface area contributed by atoms with Gasteiger partial charge in [0.05, 0.1) is 5.71 Å². The topological polar surface area (TPSA) is 165 Å². The summed E-state index contributed by atoms with van der Waals surface area (Å²) in [5, 5.41) is 21.8. The molecule has 2 aromatic rings. The van der Waals surface area contributed by atoms with Gasteiger partial charge in [-0.05, 0) is 72.4 Å². The van der Waals surface area contributed by atoms with E-state index >= 15 is 0 Å². The Morgan fingerprint density at radius 2 is 1.55 bits per heavy atom. The van der Waals surface area contributed by atoms with E-state index in [0.717, 1.165) is 50.6 Å². The van der Waals surface area contributed by atoms with E-state index in [4.69, 9.17) is 0 Å². The number of carboxylic acids is 2. The van der Waals surface area contributed by atoms with E-state index in [-0.39, 0.29) is 42.9 Å². The van der Waals surface area contributed by atoms with E-state index in [1.807, 2.05) is 33.8 Å². The second-order valence-electron chi connectivity index (χ2n) is 11.4. The highest BCUT2D eigenvalue weighted by molar-refractivity contribution is 7.84. The van der Waals surface area contributed by atoms with Crippen LogP contribution in [0.5, 0.6) is 0 Å². The summed E-state index contributed by atoms with van der Waals surface area (Å²) in [7, 11) is 0. The lowest BCUT2D eigenvalue weighted by Gasteiger charge is -2.13. The minimum atomic E-state index is -0.922. The van der Waals surface area contributed by atoms with Crippen molar-refractivity contribution in [2.24, 2.45) is 16.8 Å². The highest BCUT2D eigenvalue weighted by Gasteiger charge is 2.36. The van der Waals surface area contributed by atoms with Crippen LogP contribution in [0.3, 0.4) is 0 Å². The molecule has 10 nitrogen and oxygen atoms in total. The van der Waals surface area contributed by atoms with Crippen LogP contribution in [0, 0.1) is 25.7 Å². The lowest BCUT2D eigenvalue weighted by molar-refractivity contribution is -0.138. The number of nitrogens with zero attached hydrogens (tertiary/aromatic N) is 1. The van der Waals surface area contributed by atoms with Crippen LogP contribution in [-0.4, -0.2) is 49.6 Å². The van der Waals surface area contributed by atoms with E-state index in [1.165, 1.54) is 6.08 Å². The van der Waals surface area contributed by atoms with Crippen LogP contribution in [0.25, 0.3) is 6.08 Å². The van der Waals surface area contributed by atoms with Gasteiger partial charge < -0.3 is 25.5 Å². The molecule has 11 heteroatoms. The zero-order valence-electron chi connectivity index (χ0n) is 25.4. The molecule has 44 heavy (non-hydrogen) atoms. The van der Waals surface area contributed by atoms with Gasteiger partial charge in [0, 0.05) is 71.6 Å². The third kappa shape index (κ3) is 6.57. The summed E-state index contributed by atoms with van der Waals surface area (Å²) < 4.78 is 0. The monoisotopic (exact) mass is 618 g/mol. The quantitative estimate of drug-likeness (QED) is 0.177. The van der Waals surface area contributed by atoms with Crippen LogP contribution in [0.4, 0.5) is 0 Å². The number of rotatable bonds is 13. The summed E-state index contributed by atoms with van der Waals surface area (Å²) in [6.07, 6.45) is 4.52. The summed E-state index contributed by atoms with van der Waals surface area (Å²) in [5.41, 5.74) is 9.13. The Bertz CT molecular complexity index is 1690. The molecule has 0 aromatic carbocycles. The van der Waals surface area contributed by atoms with Crippen molar-refractivity contribution >= 4 is 48.2 Å². The number of carboxylic acid groups (broad SMARTS) is 2. The molecule has 2 aliphatic rings. The van der Waals surface area contributed by atoms with Crippen molar-refractivity contribution in [3.05, 3.63) is 86.0 Å². The van der Waals surface area contributed by atoms with Crippen molar-refractivity contribution in [2.75, 3.05) is 0 Å². The molecular weight excluding hydrogens is 580 g/mol. The highest BCUT2D eigenvalue weighted by Crippen LogP contribution is 2.36. The number of carbonyl (C=O) groups is 4. The van der Waals surface area contributed by atoms with Crippen LogP contribution in [0.15, 0.2) is 46.0 Å². The van der Waals surface area contributed by atoms with Gasteiger partial charge >= 0.3 is 11.9 Å². The number of hydrogen-bond donors (Lipinski definition) is 6. The first-order valence-electron chi connectivity index (χ1n) is 14.4. The Kier molecular flexibility index (Phi) is 9.68. The fraction of sp³-hybridized carbons (Fsp3) is 0.364. The number of allylic oxidation sites excluding steroid dienone is 2. The Balaban J connectivity index is 1.77. The van der Waals surface area contributed by atoms with Crippen LogP contribution in [-0.2, 0) is 44.9 Å². The van der Waals surface area contributed by atoms with E-state index in [2.05, 4.69) is 46.1 Å². The zero-order valence-corrected chi connectivity index (χ0v) is 26.3. The predicted molar refractivity (Wildman–Crippen MR) is 172 cm³/mol. The Hall–Kier alpha value is -4.38. The molecule has 2 atom stereocenters. The highest BCUT2D eigenvalue weighted by atomic mass is 32.1. The number of hydrogen-bond acceptors (Lipinski definition) is 5. The first-order chi connectivity index (χ1) is 20.7. The maximum Gasteiger partial charge on any atom is 0.303 e. The van der Waals surface area contributed by atoms with E-state index < -0.39 is 11.9 Å². The number of thiol groups is 1. The van der Waals surface area contributed by atoms with Gasteiger partial charge in [-0.2, -0.15) is 0 Å². The Morgan fingerprint density at radius 3 is 2.09 bits per heavy atom. The van der Waals surface area contributed by atoms with Crippen molar-refractivity contribution in [3.8, 4) is 0 Å². The molecule has 4 rings (SSSR count). The fourth-order valence-electron chi connectivity index (χ4n) is 6.09. The maximum absolute atomic E-state index is 12.5. The summed E-state index contributed by atoms with van der Waals surface area (Å²) >= 11 is 4.43. The summed E-state index contributed by atoms with van der Waals surface area (Å²) in [5.74, 6) is -2.91. The molecule has 1 saturated heterocycles. The first kappa shape index (κ1) is 32.5. The average molecular weight is 619 g/mol. The number of aromatic nitrogens is 2. The summed E-state index contributed by atoms with van der Waals surface area (Å²) in [6, 6.07) is 0. The predicted octanol–water partition coefficient (Wildman–Crippen LogP) is 4.78. The van der Waals surface area contributed by atoms with Gasteiger partial charge in [0.2, 0.25) is 5.91 Å². The van der Waals surface area contributed by atoms with Crippen LogP contribution in [0.2, 0.25) is 0 Å². The van der Waals surface area contributed by atoms with E-state index in [9.17, 15) is 29.4 Å². The van der Waals surface area contributed by atoms with Gasteiger partial charge in [0.15, 0.2) is 0 Å². The molecule has 0 unspecified atom stereocenters. The molecule has 0 bridgehead atoms. The van der Waals surface area contributed by atoms with E-state index in [1.54, 1.807) is 0 Å². The van der Waals surface area contributed by atoms with Crippen LogP contribution >= 0.6 is 12.6 Å². The number of amides is 2. The van der Waals surface area contributed by atoms with E-state index in [0.29, 0.717) is 41.1 Å². The molecule has 1 fully saturated rings. The number of H-pyrrole nitrogens is 2. The third-order valence-electron chi connectivity index (χ3n) is 8.64. The molecule has 2 aromatic heterocycles. The molecule has 0 radical (unpaired) electrons. The average Bonchev–Trinajstić information content (AvgIpc) is 3.59. The van der Waals surface area contributed by atoms with Crippen molar-refractivity contribution < 1.29 is 29.4 Å². The first-order valence-corrected chi connectivity index (χ1v) is 14.9. The van der Waals surface area contributed by atoms with Gasteiger partial charge in [0.1, 0.15) is 0 Å². The molecular formula is C33H38N4O6S. The zero-order chi connectivity index (χ0) is 32.5. The van der Waals surface area contributed by atoms with Gasteiger partial charge in [-0.1, -0.05) is 26.2 Å². The molecule has 0 aliphatic carbocycles. The number of aromatic amines is 2. The van der Waals surface area contributed by atoms with Crippen LogP contribution in [0.1, 0.15) is 71.7 Å². The fourth-order valence-corrected chi connectivity index (χ4v) is 6.45. The van der Waals surface area contributed by atoms with Crippen molar-refractivity contribution in [1.82, 2.24) is 15.3 Å². The molecule has 232 valence electrons. The van der Waals surface area contributed by atoms with Gasteiger partial charge in [-0.3, -0.25) is 19.2 Å². The second-order valence-corrected chi connectivity index (χ2v) is 12.0. The molecule has 5 N–H and O–H groups in total. The summed E-state index contributed by atoms with van der Waals surface area (Å²) in [6.45, 7) is 15.1. The SMILES string of the molecule is C=CC1=C(C)C(Cc2[nH]c(Cc3[nH]c(/C=C4/NC(=O)[C@H](C)[C@@H]4C(=C)S)c(C)c3CCC(=O)O)c(CCC(=O)O)c2C)=NC1=O. The van der Waals surface area contributed by atoms with Gasteiger partial charge in [0.25, 0.3) is 5.91 Å². The molecule has 0 spiro atoms. The lowest BCUT2D eigenvalue weighted by Crippen LogP contribution is -2.16. The third-order valence-corrected chi connectivity index (χ3v) is 8.91. The molecule has 2 aliphatic heterocycles. The normalized spacial score (nSPS) is 19.1. The second kappa shape index (κ2) is 13.1. The lowest BCUT2D eigenvalue weighted by atomic mass is 9.94. The van der Waals surface area contributed by atoms with Gasteiger partial charge in [-0.15, -0.1) is 12.6 Å². The number of nitrogens with one attached hydrogen (secondary N) is 3. The minimum absolute atomic E-state index is 0.0655. The Labute approximate surface area is 261 Å². The van der Waals surface area contributed by atoms with Crippen molar-refractivity contribution in [1.29, 1.82) is 0 Å². The number of aliphatic imine (C=N–C) groups is 1. The molecule has 2 amide bonds. The minimum Gasteiger partial charge on any atom is -0.481 e. The van der Waals surface area contributed by atoms with Crippen LogP contribution < -0.4 is 5.32 Å². The van der Waals surface area contributed by atoms with Gasteiger partial charge in [-0.25, -0.2) is 4.99 Å². The number of carbonyl (C=O) groups excluding carboxylic acids is 2. The summed E-state index contributed by atoms with van der Waals surface area (Å²) in [4.78, 5) is 59.6. The largest absolute Gasteiger partial charge is 0.481 e.